The van der Waals surface area contributed by atoms with E-state index in [2.05, 4.69) is 35.1 Å². The van der Waals surface area contributed by atoms with Gasteiger partial charge in [-0.1, -0.05) is 53.5 Å². The van der Waals surface area contributed by atoms with Crippen molar-refractivity contribution in [2.24, 2.45) is 0 Å². The third-order valence-electron chi connectivity index (χ3n) is 3.02. The summed E-state index contributed by atoms with van der Waals surface area (Å²) in [5, 5.41) is 3.33. The van der Waals surface area contributed by atoms with Gasteiger partial charge in [0.15, 0.2) is 0 Å². The maximum atomic E-state index is 12.2. The van der Waals surface area contributed by atoms with Crippen LogP contribution in [-0.4, -0.2) is 5.91 Å². The molecule has 2 aromatic carbocycles. The summed E-state index contributed by atoms with van der Waals surface area (Å²) in [6.07, 6.45) is 0. The first kappa shape index (κ1) is 15.1. The largest absolute Gasteiger partial charge is 0.321 e. The van der Waals surface area contributed by atoms with Gasteiger partial charge in [-0.05, 0) is 41.8 Å². The minimum Gasteiger partial charge on any atom is -0.321 e. The standard InChI is InChI=1S/C16H15BrClNO/c1-10(2)11-3-5-12(6-4-11)16(20)19-15-9-13(17)7-8-14(15)18/h3-10H,1-2H3,(H,19,20). The number of carbonyl (C=O) groups is 1. The average Bonchev–Trinajstić information content (AvgIpc) is 2.43. The van der Waals surface area contributed by atoms with Gasteiger partial charge >= 0.3 is 0 Å². The predicted octanol–water partition coefficient (Wildman–Crippen LogP) is 5.48. The Morgan fingerprint density at radius 3 is 2.40 bits per heavy atom. The number of amides is 1. The molecule has 20 heavy (non-hydrogen) atoms. The second kappa shape index (κ2) is 6.42. The lowest BCUT2D eigenvalue weighted by molar-refractivity contribution is 0.102. The van der Waals surface area contributed by atoms with Gasteiger partial charge in [-0.15, -0.1) is 0 Å². The van der Waals surface area contributed by atoms with E-state index in [1.807, 2.05) is 30.3 Å². The Balaban J connectivity index is 2.17. The van der Waals surface area contributed by atoms with Crippen molar-refractivity contribution >= 4 is 39.1 Å². The first-order chi connectivity index (χ1) is 9.47. The highest BCUT2D eigenvalue weighted by Crippen LogP contribution is 2.26. The van der Waals surface area contributed by atoms with Crippen molar-refractivity contribution < 1.29 is 4.79 Å². The predicted molar refractivity (Wildman–Crippen MR) is 87.6 cm³/mol. The molecule has 0 saturated heterocycles. The summed E-state index contributed by atoms with van der Waals surface area (Å²) >= 11 is 9.42. The summed E-state index contributed by atoms with van der Waals surface area (Å²) < 4.78 is 0.868. The van der Waals surface area contributed by atoms with E-state index in [0.717, 1.165) is 4.47 Å². The van der Waals surface area contributed by atoms with Crippen LogP contribution in [0.3, 0.4) is 0 Å². The lowest BCUT2D eigenvalue weighted by atomic mass is 10.0. The van der Waals surface area contributed by atoms with Crippen molar-refractivity contribution in [1.82, 2.24) is 0 Å². The van der Waals surface area contributed by atoms with Gasteiger partial charge in [0.2, 0.25) is 0 Å². The second-order valence-corrected chi connectivity index (χ2v) is 6.18. The lowest BCUT2D eigenvalue weighted by Crippen LogP contribution is -2.12. The number of carbonyl (C=O) groups excluding carboxylic acids is 1. The van der Waals surface area contributed by atoms with Crippen LogP contribution in [0.2, 0.25) is 5.02 Å². The molecule has 0 bridgehead atoms. The number of halogens is 2. The summed E-state index contributed by atoms with van der Waals surface area (Å²) in [5.41, 5.74) is 2.42. The molecule has 0 aliphatic carbocycles. The van der Waals surface area contributed by atoms with Gasteiger partial charge in [-0.3, -0.25) is 4.79 Å². The van der Waals surface area contributed by atoms with Gasteiger partial charge in [0, 0.05) is 10.0 Å². The normalized spacial score (nSPS) is 10.7. The molecule has 0 saturated carbocycles. The van der Waals surface area contributed by atoms with E-state index in [1.54, 1.807) is 12.1 Å². The minimum atomic E-state index is -0.166. The summed E-state index contributed by atoms with van der Waals surface area (Å²) in [5.74, 6) is 0.284. The highest BCUT2D eigenvalue weighted by atomic mass is 79.9. The summed E-state index contributed by atoms with van der Waals surface area (Å²) in [7, 11) is 0. The van der Waals surface area contributed by atoms with Gasteiger partial charge in [-0.2, -0.15) is 0 Å². The fourth-order valence-electron chi connectivity index (χ4n) is 1.81. The van der Waals surface area contributed by atoms with Gasteiger partial charge < -0.3 is 5.32 Å². The van der Waals surface area contributed by atoms with E-state index >= 15 is 0 Å². The number of hydrogen-bond acceptors (Lipinski definition) is 1. The number of anilines is 1. The molecule has 0 fully saturated rings. The van der Waals surface area contributed by atoms with E-state index < -0.39 is 0 Å². The highest BCUT2D eigenvalue weighted by molar-refractivity contribution is 9.10. The van der Waals surface area contributed by atoms with Crippen molar-refractivity contribution in [3.63, 3.8) is 0 Å². The third-order valence-corrected chi connectivity index (χ3v) is 3.84. The van der Waals surface area contributed by atoms with Gasteiger partial charge in [0.1, 0.15) is 0 Å². The molecule has 0 atom stereocenters. The van der Waals surface area contributed by atoms with Crippen LogP contribution >= 0.6 is 27.5 Å². The van der Waals surface area contributed by atoms with Crippen LogP contribution in [0.25, 0.3) is 0 Å². The Labute approximate surface area is 132 Å². The lowest BCUT2D eigenvalue weighted by Gasteiger charge is -2.09. The van der Waals surface area contributed by atoms with Crippen molar-refractivity contribution in [1.29, 1.82) is 0 Å². The van der Waals surface area contributed by atoms with Crippen LogP contribution in [0.5, 0.6) is 0 Å². The van der Waals surface area contributed by atoms with E-state index in [9.17, 15) is 4.79 Å². The molecule has 0 unspecified atom stereocenters. The highest BCUT2D eigenvalue weighted by Gasteiger charge is 2.09. The average molecular weight is 353 g/mol. The zero-order valence-electron chi connectivity index (χ0n) is 11.3. The van der Waals surface area contributed by atoms with E-state index in [0.29, 0.717) is 22.2 Å². The Morgan fingerprint density at radius 2 is 1.80 bits per heavy atom. The maximum Gasteiger partial charge on any atom is 0.255 e. The van der Waals surface area contributed by atoms with Crippen molar-refractivity contribution in [3.05, 3.63) is 63.1 Å². The fraction of sp³-hybridized carbons (Fsp3) is 0.188. The Kier molecular flexibility index (Phi) is 4.84. The Bertz CT molecular complexity index is 623. The monoisotopic (exact) mass is 351 g/mol. The number of benzene rings is 2. The topological polar surface area (TPSA) is 29.1 Å². The number of hydrogen-bond donors (Lipinski definition) is 1. The van der Waals surface area contributed by atoms with Crippen molar-refractivity contribution in [3.8, 4) is 0 Å². The van der Waals surface area contributed by atoms with Gasteiger partial charge in [0.25, 0.3) is 5.91 Å². The summed E-state index contributed by atoms with van der Waals surface area (Å²) in [6, 6.07) is 13.0. The van der Waals surface area contributed by atoms with Crippen LogP contribution in [0.15, 0.2) is 46.9 Å². The number of nitrogens with one attached hydrogen (secondary N) is 1. The molecule has 1 amide bonds. The summed E-state index contributed by atoms with van der Waals surface area (Å²) in [4.78, 5) is 12.2. The smallest absolute Gasteiger partial charge is 0.255 e. The van der Waals surface area contributed by atoms with Gasteiger partial charge in [-0.25, -0.2) is 0 Å². The van der Waals surface area contributed by atoms with E-state index in [1.165, 1.54) is 5.56 Å². The van der Waals surface area contributed by atoms with Crippen LogP contribution in [0.4, 0.5) is 5.69 Å². The van der Waals surface area contributed by atoms with Crippen molar-refractivity contribution in [2.45, 2.75) is 19.8 Å². The molecule has 1 N–H and O–H groups in total. The van der Waals surface area contributed by atoms with E-state index in [-0.39, 0.29) is 5.91 Å². The zero-order valence-corrected chi connectivity index (χ0v) is 13.6. The fourth-order valence-corrected chi connectivity index (χ4v) is 2.33. The van der Waals surface area contributed by atoms with Crippen LogP contribution in [-0.2, 0) is 0 Å². The molecule has 104 valence electrons. The van der Waals surface area contributed by atoms with Gasteiger partial charge in [0.05, 0.1) is 10.7 Å². The molecule has 2 rings (SSSR count). The minimum absolute atomic E-state index is 0.166. The number of rotatable bonds is 3. The molecule has 0 radical (unpaired) electrons. The molecule has 0 aliphatic heterocycles. The SMILES string of the molecule is CC(C)c1ccc(C(=O)Nc2cc(Br)ccc2Cl)cc1. The first-order valence-electron chi connectivity index (χ1n) is 6.33. The molecule has 4 heteroatoms. The molecular weight excluding hydrogens is 338 g/mol. The first-order valence-corrected chi connectivity index (χ1v) is 7.51. The molecule has 0 heterocycles. The molecule has 0 spiro atoms. The van der Waals surface area contributed by atoms with Crippen molar-refractivity contribution in [2.75, 3.05) is 5.32 Å². The Hall–Kier alpha value is -1.32. The zero-order chi connectivity index (χ0) is 14.7. The van der Waals surface area contributed by atoms with E-state index in [4.69, 9.17) is 11.6 Å². The maximum absolute atomic E-state index is 12.2. The Morgan fingerprint density at radius 1 is 1.15 bits per heavy atom. The molecular formula is C16H15BrClNO. The summed E-state index contributed by atoms with van der Waals surface area (Å²) in [6.45, 7) is 4.24. The van der Waals surface area contributed by atoms with Crippen LogP contribution in [0.1, 0.15) is 35.7 Å². The quantitative estimate of drug-likeness (QED) is 0.779. The molecule has 0 aliphatic rings. The molecule has 0 aromatic heterocycles. The molecule has 2 nitrogen and oxygen atoms in total. The van der Waals surface area contributed by atoms with Crippen LogP contribution < -0.4 is 5.32 Å². The van der Waals surface area contributed by atoms with Crippen LogP contribution in [0, 0.1) is 0 Å². The third kappa shape index (κ3) is 3.62. The second-order valence-electron chi connectivity index (χ2n) is 4.86. The molecule has 2 aromatic rings.